The number of carbonyl (C=O) groups excluding carboxylic acids is 2. The topological polar surface area (TPSA) is 88.3 Å². The fourth-order valence-corrected chi connectivity index (χ4v) is 2.41. The Hall–Kier alpha value is -2.02. The molecule has 3 N–H and O–H groups in total. The number of anilines is 1. The lowest BCUT2D eigenvalue weighted by atomic mass is 10.1. The van der Waals surface area contributed by atoms with Gasteiger partial charge in [-0.25, -0.2) is 4.98 Å². The maximum Gasteiger partial charge on any atom is 0.249 e. The number of thiocarbonyl (C=S) groups is 1. The van der Waals surface area contributed by atoms with Crippen LogP contribution in [0.2, 0.25) is 0 Å². The molecule has 106 valence electrons. The molecule has 0 saturated carbocycles. The number of imide groups is 1. The van der Waals surface area contributed by atoms with Crippen molar-refractivity contribution in [3.63, 3.8) is 0 Å². The molecule has 2 heterocycles. The Morgan fingerprint density at radius 1 is 1.55 bits per heavy atom. The van der Waals surface area contributed by atoms with E-state index in [1.165, 1.54) is 0 Å². The van der Waals surface area contributed by atoms with Crippen molar-refractivity contribution in [1.29, 1.82) is 0 Å². The molecule has 1 aliphatic rings. The molecule has 20 heavy (non-hydrogen) atoms. The molecule has 0 aliphatic carbocycles. The first-order valence-electron chi connectivity index (χ1n) is 6.31. The number of nitrogens with two attached hydrogens (primary N) is 1. The Balaban J connectivity index is 2.52. The van der Waals surface area contributed by atoms with Crippen LogP contribution in [0.15, 0.2) is 12.1 Å². The van der Waals surface area contributed by atoms with Crippen LogP contribution < -0.4 is 16.0 Å². The van der Waals surface area contributed by atoms with Crippen molar-refractivity contribution in [1.82, 2.24) is 10.3 Å². The summed E-state index contributed by atoms with van der Waals surface area (Å²) >= 11 is 5.02. The molecule has 2 rings (SSSR count). The van der Waals surface area contributed by atoms with E-state index in [0.29, 0.717) is 17.8 Å². The molecule has 0 radical (unpaired) electrons. The van der Waals surface area contributed by atoms with Gasteiger partial charge in [0.1, 0.15) is 16.8 Å². The number of nitrogens with zero attached hydrogens (tertiary/aromatic N) is 2. The monoisotopic (exact) mass is 292 g/mol. The number of piperazine rings is 1. The minimum atomic E-state index is -0.449. The van der Waals surface area contributed by atoms with Crippen molar-refractivity contribution in [3.8, 4) is 0 Å². The lowest BCUT2D eigenvalue weighted by Gasteiger charge is -2.35. The van der Waals surface area contributed by atoms with Gasteiger partial charge in [0, 0.05) is 5.69 Å². The minimum absolute atomic E-state index is 0.0658. The standard InChI is InChI=1S/C13H16N4O2S/c1-3-9-13(19)16-10(18)6-17(9)12-8(11(14)20)5-4-7(2)15-12/h4-5,9H,3,6H2,1-2H3,(H2,14,20)(H,16,18,19). The van der Waals surface area contributed by atoms with E-state index in [0.717, 1.165) is 5.69 Å². The van der Waals surface area contributed by atoms with Crippen LogP contribution in [-0.2, 0) is 9.59 Å². The molecular weight excluding hydrogens is 276 g/mol. The van der Waals surface area contributed by atoms with Gasteiger partial charge in [-0.1, -0.05) is 19.1 Å². The summed E-state index contributed by atoms with van der Waals surface area (Å²) in [5.41, 5.74) is 7.05. The van der Waals surface area contributed by atoms with Crippen molar-refractivity contribution in [3.05, 3.63) is 23.4 Å². The van der Waals surface area contributed by atoms with Crippen molar-refractivity contribution in [2.75, 3.05) is 11.4 Å². The zero-order chi connectivity index (χ0) is 14.9. The number of amides is 2. The lowest BCUT2D eigenvalue weighted by molar-refractivity contribution is -0.132. The molecule has 0 bridgehead atoms. The zero-order valence-corrected chi connectivity index (χ0v) is 12.2. The predicted molar refractivity (Wildman–Crippen MR) is 79.4 cm³/mol. The van der Waals surface area contributed by atoms with Crippen LogP contribution in [0.3, 0.4) is 0 Å². The highest BCUT2D eigenvalue weighted by Gasteiger charge is 2.34. The molecule has 6 nitrogen and oxygen atoms in total. The van der Waals surface area contributed by atoms with Crippen LogP contribution in [-0.4, -0.2) is 34.4 Å². The normalized spacial score (nSPS) is 18.9. The van der Waals surface area contributed by atoms with Crippen LogP contribution in [0, 0.1) is 6.92 Å². The first-order valence-corrected chi connectivity index (χ1v) is 6.72. The van der Waals surface area contributed by atoms with E-state index >= 15 is 0 Å². The molecule has 0 spiro atoms. The molecule has 1 unspecified atom stereocenters. The van der Waals surface area contributed by atoms with Gasteiger partial charge in [0.05, 0.1) is 12.1 Å². The van der Waals surface area contributed by atoms with Gasteiger partial charge in [-0.05, 0) is 25.5 Å². The smallest absolute Gasteiger partial charge is 0.249 e. The first-order chi connectivity index (χ1) is 9.43. The van der Waals surface area contributed by atoms with Crippen LogP contribution in [0.5, 0.6) is 0 Å². The van der Waals surface area contributed by atoms with Gasteiger partial charge in [0.25, 0.3) is 0 Å². The third-order valence-electron chi connectivity index (χ3n) is 3.19. The molecular formula is C13H16N4O2S. The summed E-state index contributed by atoms with van der Waals surface area (Å²) in [4.78, 5) is 29.8. The molecule has 0 aromatic carbocycles. The van der Waals surface area contributed by atoms with Gasteiger partial charge in [-0.15, -0.1) is 0 Å². The number of pyridine rings is 1. The molecule has 1 aromatic rings. The predicted octanol–water partition coefficient (Wildman–Crippen LogP) is 0.266. The van der Waals surface area contributed by atoms with Crippen molar-refractivity contribution in [2.45, 2.75) is 26.3 Å². The average Bonchev–Trinajstić information content (AvgIpc) is 2.37. The fourth-order valence-electron chi connectivity index (χ4n) is 2.25. The van der Waals surface area contributed by atoms with E-state index in [1.54, 1.807) is 17.0 Å². The third kappa shape index (κ3) is 2.62. The average molecular weight is 292 g/mol. The van der Waals surface area contributed by atoms with Gasteiger partial charge < -0.3 is 10.6 Å². The molecule has 2 amide bonds. The van der Waals surface area contributed by atoms with E-state index in [2.05, 4.69) is 10.3 Å². The fraction of sp³-hybridized carbons (Fsp3) is 0.385. The minimum Gasteiger partial charge on any atom is -0.389 e. The molecule has 7 heteroatoms. The van der Waals surface area contributed by atoms with E-state index in [-0.39, 0.29) is 23.3 Å². The summed E-state index contributed by atoms with van der Waals surface area (Å²) in [6, 6.07) is 3.11. The second kappa shape index (κ2) is 5.54. The van der Waals surface area contributed by atoms with E-state index in [4.69, 9.17) is 18.0 Å². The summed E-state index contributed by atoms with van der Waals surface area (Å²) in [6.07, 6.45) is 0.561. The highest BCUT2D eigenvalue weighted by molar-refractivity contribution is 7.80. The van der Waals surface area contributed by atoms with Gasteiger partial charge in [0.2, 0.25) is 11.8 Å². The SMILES string of the molecule is CCC1C(=O)NC(=O)CN1c1nc(C)ccc1C(N)=S. The number of aryl methyl sites for hydroxylation is 1. The van der Waals surface area contributed by atoms with Crippen molar-refractivity contribution in [2.24, 2.45) is 5.73 Å². The highest BCUT2D eigenvalue weighted by Crippen LogP contribution is 2.23. The summed E-state index contributed by atoms with van der Waals surface area (Å²) in [7, 11) is 0. The summed E-state index contributed by atoms with van der Waals surface area (Å²) in [5.74, 6) is -0.176. The number of rotatable bonds is 3. The van der Waals surface area contributed by atoms with Crippen molar-refractivity contribution >= 4 is 34.8 Å². The Kier molecular flexibility index (Phi) is 3.99. The number of carbonyl (C=O) groups is 2. The molecule has 1 fully saturated rings. The zero-order valence-electron chi connectivity index (χ0n) is 11.3. The van der Waals surface area contributed by atoms with Gasteiger partial charge in [-0.2, -0.15) is 0 Å². The second-order valence-electron chi connectivity index (χ2n) is 4.65. The first kappa shape index (κ1) is 14.4. The van der Waals surface area contributed by atoms with E-state index in [9.17, 15) is 9.59 Å². The Labute approximate surface area is 122 Å². The van der Waals surface area contributed by atoms with Crippen LogP contribution in [0.1, 0.15) is 24.6 Å². The van der Waals surface area contributed by atoms with Crippen LogP contribution >= 0.6 is 12.2 Å². The summed E-state index contributed by atoms with van der Waals surface area (Å²) < 4.78 is 0. The number of hydrogen-bond acceptors (Lipinski definition) is 5. The number of nitrogens with one attached hydrogen (secondary N) is 1. The second-order valence-corrected chi connectivity index (χ2v) is 5.09. The molecule has 1 aliphatic heterocycles. The van der Waals surface area contributed by atoms with Gasteiger partial charge in [-0.3, -0.25) is 14.9 Å². The summed E-state index contributed by atoms with van der Waals surface area (Å²) in [6.45, 7) is 3.78. The van der Waals surface area contributed by atoms with E-state index in [1.807, 2.05) is 13.8 Å². The summed E-state index contributed by atoms with van der Waals surface area (Å²) in [5, 5.41) is 2.33. The molecule has 1 aromatic heterocycles. The molecule has 1 saturated heterocycles. The maximum absolute atomic E-state index is 11.9. The number of hydrogen-bond donors (Lipinski definition) is 2. The van der Waals surface area contributed by atoms with Crippen molar-refractivity contribution < 1.29 is 9.59 Å². The van der Waals surface area contributed by atoms with Gasteiger partial charge >= 0.3 is 0 Å². The quantitative estimate of drug-likeness (QED) is 0.614. The Morgan fingerprint density at radius 2 is 2.25 bits per heavy atom. The molecule has 1 atom stereocenters. The Bertz CT molecular complexity index is 588. The van der Waals surface area contributed by atoms with Gasteiger partial charge in [0.15, 0.2) is 0 Å². The maximum atomic E-state index is 11.9. The lowest BCUT2D eigenvalue weighted by Crippen LogP contribution is -2.58. The Morgan fingerprint density at radius 3 is 2.85 bits per heavy atom. The van der Waals surface area contributed by atoms with Crippen LogP contribution in [0.4, 0.5) is 5.82 Å². The largest absolute Gasteiger partial charge is 0.389 e. The van der Waals surface area contributed by atoms with E-state index < -0.39 is 6.04 Å². The third-order valence-corrected chi connectivity index (χ3v) is 3.41. The highest BCUT2D eigenvalue weighted by atomic mass is 32.1. The number of aromatic nitrogens is 1. The van der Waals surface area contributed by atoms with Crippen LogP contribution in [0.25, 0.3) is 0 Å².